The second kappa shape index (κ2) is 15.0. The molecule has 0 heterocycles. The van der Waals surface area contributed by atoms with Gasteiger partial charge in [-0.05, 0) is 12.8 Å². The van der Waals surface area contributed by atoms with Crippen LogP contribution in [-0.4, -0.2) is 42.0 Å². The minimum atomic E-state index is -0.975. The molecule has 0 aliphatic heterocycles. The fraction of sp³-hybridized carbons (Fsp3) is 0.524. The normalized spacial score (nSPS) is 11.8. The van der Waals surface area contributed by atoms with Gasteiger partial charge in [-0.3, -0.25) is 19.2 Å². The molecular formula is C21H27N3O4. The quantitative estimate of drug-likeness (QED) is 0.366. The number of nitrogens with one attached hydrogen (secondary N) is 2. The Morgan fingerprint density at radius 1 is 0.857 bits per heavy atom. The van der Waals surface area contributed by atoms with Gasteiger partial charge in [0.15, 0.2) is 5.78 Å². The number of ketones is 2. The SMILES string of the molecule is C#CCCC(=O)CC[C@H](NC(=O)[C@H](N)CCC(=O)NCC#C)C(=O)CCC#C. The molecule has 0 rings (SSSR count). The van der Waals surface area contributed by atoms with Crippen molar-refractivity contribution in [2.45, 2.75) is 63.5 Å². The standard InChI is InChI=1S/C21H27N3O4/c1-4-7-9-16(25)11-13-18(19(26)10-8-5-2)24-21(28)17(22)12-14-20(27)23-15-6-3/h1-3,17-18H,7-15,22H2,(H,23,27)(H,24,28)/t17-,18+/m1/s1. The Kier molecular flexibility index (Phi) is 13.4. The Morgan fingerprint density at radius 3 is 2.11 bits per heavy atom. The number of hydrogen-bond acceptors (Lipinski definition) is 5. The van der Waals surface area contributed by atoms with E-state index < -0.39 is 18.0 Å². The summed E-state index contributed by atoms with van der Waals surface area (Å²) in [6.45, 7) is 0.0970. The van der Waals surface area contributed by atoms with E-state index in [2.05, 4.69) is 28.4 Å². The van der Waals surface area contributed by atoms with E-state index in [0.717, 1.165) is 0 Å². The van der Waals surface area contributed by atoms with Crippen LogP contribution in [0.1, 0.15) is 51.4 Å². The summed E-state index contributed by atoms with van der Waals surface area (Å²) in [6, 6.07) is -1.84. The van der Waals surface area contributed by atoms with Crippen LogP contribution in [0.4, 0.5) is 0 Å². The van der Waals surface area contributed by atoms with E-state index in [1.807, 2.05) is 0 Å². The maximum absolute atomic E-state index is 12.3. The first-order valence-corrected chi connectivity index (χ1v) is 9.03. The van der Waals surface area contributed by atoms with Crippen LogP contribution >= 0.6 is 0 Å². The van der Waals surface area contributed by atoms with Crippen LogP contribution in [0, 0.1) is 37.0 Å². The van der Waals surface area contributed by atoms with Gasteiger partial charge in [0, 0.05) is 38.5 Å². The molecule has 0 radical (unpaired) electrons. The van der Waals surface area contributed by atoms with E-state index in [1.54, 1.807) is 0 Å². The molecule has 0 aliphatic carbocycles. The summed E-state index contributed by atoms with van der Waals surface area (Å²) in [5.41, 5.74) is 5.80. The van der Waals surface area contributed by atoms with Gasteiger partial charge < -0.3 is 16.4 Å². The van der Waals surface area contributed by atoms with Gasteiger partial charge in [-0.15, -0.1) is 31.1 Å². The van der Waals surface area contributed by atoms with Crippen molar-refractivity contribution >= 4 is 23.4 Å². The van der Waals surface area contributed by atoms with Crippen LogP contribution in [-0.2, 0) is 19.2 Å². The highest BCUT2D eigenvalue weighted by atomic mass is 16.2. The number of hydrogen-bond donors (Lipinski definition) is 3. The van der Waals surface area contributed by atoms with Crippen molar-refractivity contribution in [3.63, 3.8) is 0 Å². The van der Waals surface area contributed by atoms with Crippen molar-refractivity contribution in [3.05, 3.63) is 0 Å². The van der Waals surface area contributed by atoms with Gasteiger partial charge in [0.25, 0.3) is 0 Å². The molecule has 7 nitrogen and oxygen atoms in total. The average molecular weight is 385 g/mol. The average Bonchev–Trinajstić information content (AvgIpc) is 2.69. The molecule has 0 aromatic heterocycles. The molecule has 0 bridgehead atoms. The Morgan fingerprint density at radius 2 is 1.50 bits per heavy atom. The molecular weight excluding hydrogens is 358 g/mol. The lowest BCUT2D eigenvalue weighted by Gasteiger charge is -2.20. The van der Waals surface area contributed by atoms with E-state index >= 15 is 0 Å². The van der Waals surface area contributed by atoms with Gasteiger partial charge in [-0.2, -0.15) is 0 Å². The third-order valence-electron chi connectivity index (χ3n) is 3.89. The maximum atomic E-state index is 12.3. The topological polar surface area (TPSA) is 118 Å². The van der Waals surface area contributed by atoms with Crippen LogP contribution < -0.4 is 16.4 Å². The minimum Gasteiger partial charge on any atom is -0.345 e. The summed E-state index contributed by atoms with van der Waals surface area (Å²) < 4.78 is 0. The van der Waals surface area contributed by atoms with Crippen molar-refractivity contribution in [3.8, 4) is 37.0 Å². The largest absolute Gasteiger partial charge is 0.345 e. The monoisotopic (exact) mass is 385 g/mol. The zero-order valence-corrected chi connectivity index (χ0v) is 16.0. The fourth-order valence-corrected chi connectivity index (χ4v) is 2.26. The van der Waals surface area contributed by atoms with Crippen LogP contribution in [0.2, 0.25) is 0 Å². The maximum Gasteiger partial charge on any atom is 0.237 e. The van der Waals surface area contributed by atoms with Crippen LogP contribution in [0.3, 0.4) is 0 Å². The van der Waals surface area contributed by atoms with Crippen molar-refractivity contribution in [1.29, 1.82) is 0 Å². The summed E-state index contributed by atoms with van der Waals surface area (Å²) >= 11 is 0. The third-order valence-corrected chi connectivity index (χ3v) is 3.89. The predicted molar refractivity (Wildman–Crippen MR) is 106 cm³/mol. The first-order chi connectivity index (χ1) is 13.3. The number of carbonyl (C=O) groups excluding carboxylic acids is 4. The Hall–Kier alpha value is -3.08. The Bertz CT molecular complexity index is 679. The zero-order valence-electron chi connectivity index (χ0n) is 16.0. The highest BCUT2D eigenvalue weighted by molar-refractivity contribution is 5.91. The number of amides is 2. The number of carbonyl (C=O) groups is 4. The van der Waals surface area contributed by atoms with E-state index in [1.165, 1.54) is 0 Å². The lowest BCUT2D eigenvalue weighted by molar-refractivity contribution is -0.129. The van der Waals surface area contributed by atoms with Crippen molar-refractivity contribution < 1.29 is 19.2 Å². The molecule has 150 valence electrons. The van der Waals surface area contributed by atoms with Gasteiger partial charge in [0.1, 0.15) is 5.78 Å². The Balaban J connectivity index is 4.71. The second-order valence-corrected chi connectivity index (χ2v) is 6.14. The summed E-state index contributed by atoms with van der Waals surface area (Å²) in [6.07, 6.45) is 16.6. The van der Waals surface area contributed by atoms with Crippen LogP contribution in [0.5, 0.6) is 0 Å². The second-order valence-electron chi connectivity index (χ2n) is 6.14. The summed E-state index contributed by atoms with van der Waals surface area (Å²) in [4.78, 5) is 47.9. The minimum absolute atomic E-state index is 0.0244. The molecule has 0 fully saturated rings. The van der Waals surface area contributed by atoms with E-state index in [-0.39, 0.29) is 69.0 Å². The molecule has 2 amide bonds. The third kappa shape index (κ3) is 11.5. The number of rotatable bonds is 14. The molecule has 0 saturated carbocycles. The zero-order chi connectivity index (χ0) is 21.4. The van der Waals surface area contributed by atoms with Gasteiger partial charge in [-0.1, -0.05) is 5.92 Å². The molecule has 0 spiro atoms. The molecule has 0 unspecified atom stereocenters. The summed E-state index contributed by atoms with van der Waals surface area (Å²) in [5, 5.41) is 5.04. The van der Waals surface area contributed by atoms with E-state index in [0.29, 0.717) is 6.42 Å². The molecule has 0 aromatic rings. The molecule has 4 N–H and O–H groups in total. The number of terminal acetylenes is 3. The summed E-state index contributed by atoms with van der Waals surface area (Å²) in [5.74, 6) is 5.77. The predicted octanol–water partition coefficient (Wildman–Crippen LogP) is 0.0733. The molecule has 7 heteroatoms. The van der Waals surface area contributed by atoms with Gasteiger partial charge in [0.05, 0.1) is 18.6 Å². The van der Waals surface area contributed by atoms with E-state index in [9.17, 15) is 19.2 Å². The lowest BCUT2D eigenvalue weighted by atomic mass is 9.99. The number of Topliss-reactive ketones (excluding diaryl/α,β-unsaturated/α-hetero) is 2. The highest BCUT2D eigenvalue weighted by Crippen LogP contribution is 2.08. The van der Waals surface area contributed by atoms with Gasteiger partial charge in [-0.25, -0.2) is 0 Å². The number of nitrogens with two attached hydrogens (primary N) is 1. The molecule has 28 heavy (non-hydrogen) atoms. The van der Waals surface area contributed by atoms with Gasteiger partial charge >= 0.3 is 0 Å². The lowest BCUT2D eigenvalue weighted by Crippen LogP contribution is -2.48. The molecule has 0 saturated heterocycles. The molecule has 2 atom stereocenters. The highest BCUT2D eigenvalue weighted by Gasteiger charge is 2.24. The van der Waals surface area contributed by atoms with Crippen LogP contribution in [0.25, 0.3) is 0 Å². The first-order valence-electron chi connectivity index (χ1n) is 9.03. The van der Waals surface area contributed by atoms with Crippen molar-refractivity contribution in [1.82, 2.24) is 10.6 Å². The summed E-state index contributed by atoms with van der Waals surface area (Å²) in [7, 11) is 0. The molecule has 0 aromatic carbocycles. The van der Waals surface area contributed by atoms with E-state index in [4.69, 9.17) is 25.0 Å². The fourth-order valence-electron chi connectivity index (χ4n) is 2.26. The van der Waals surface area contributed by atoms with Crippen molar-refractivity contribution in [2.75, 3.05) is 6.54 Å². The molecule has 0 aliphatic rings. The van der Waals surface area contributed by atoms with Gasteiger partial charge in [0.2, 0.25) is 11.8 Å². The van der Waals surface area contributed by atoms with Crippen LogP contribution in [0.15, 0.2) is 0 Å². The van der Waals surface area contributed by atoms with Crippen molar-refractivity contribution in [2.24, 2.45) is 5.73 Å². The first kappa shape index (κ1) is 24.9. The Labute approximate surface area is 166 Å². The smallest absolute Gasteiger partial charge is 0.237 e.